The van der Waals surface area contributed by atoms with E-state index in [2.05, 4.69) is 14.5 Å². The van der Waals surface area contributed by atoms with E-state index in [0.29, 0.717) is 0 Å². The van der Waals surface area contributed by atoms with E-state index in [0.717, 1.165) is 7.11 Å². The molecule has 1 aromatic rings. The largest absolute Gasteiger partial charge is 0.465 e. The standard InChI is InChI=1S/C8H6ClF2NO3/c1-14-7(13)4-2-3-12-6(9)5(4)15-8(10)11/h2-3,8H,1H3. The molecule has 82 valence electrons. The van der Waals surface area contributed by atoms with Gasteiger partial charge in [-0.05, 0) is 6.07 Å². The Labute approximate surface area is 88.8 Å². The molecule has 0 spiro atoms. The van der Waals surface area contributed by atoms with Crippen molar-refractivity contribution in [3.05, 3.63) is 23.0 Å². The summed E-state index contributed by atoms with van der Waals surface area (Å²) in [6.45, 7) is -3.09. The lowest BCUT2D eigenvalue weighted by atomic mass is 10.2. The van der Waals surface area contributed by atoms with Crippen molar-refractivity contribution in [3.8, 4) is 5.75 Å². The Hall–Kier alpha value is -1.43. The molecule has 0 saturated carbocycles. The van der Waals surface area contributed by atoms with Crippen LogP contribution in [0.3, 0.4) is 0 Å². The normalized spacial score (nSPS) is 10.2. The molecule has 0 aromatic carbocycles. The number of esters is 1. The molecule has 0 aliphatic rings. The van der Waals surface area contributed by atoms with Crippen LogP contribution in [-0.4, -0.2) is 24.7 Å². The number of rotatable bonds is 3. The third-order valence-electron chi connectivity index (χ3n) is 1.47. The Bertz CT molecular complexity index is 373. The zero-order chi connectivity index (χ0) is 11.4. The van der Waals surface area contributed by atoms with Gasteiger partial charge >= 0.3 is 12.6 Å². The Morgan fingerprint density at radius 1 is 1.60 bits per heavy atom. The maximum Gasteiger partial charge on any atom is 0.387 e. The number of alkyl halides is 2. The molecule has 0 atom stereocenters. The molecule has 4 nitrogen and oxygen atoms in total. The molecule has 0 unspecified atom stereocenters. The first-order valence-electron chi connectivity index (χ1n) is 3.74. The Balaban J connectivity index is 3.14. The predicted octanol–water partition coefficient (Wildman–Crippen LogP) is 2.12. The summed E-state index contributed by atoms with van der Waals surface area (Å²) in [6, 6.07) is 1.18. The number of halogens is 3. The van der Waals surface area contributed by atoms with Gasteiger partial charge in [-0.2, -0.15) is 8.78 Å². The van der Waals surface area contributed by atoms with Crippen molar-refractivity contribution in [2.24, 2.45) is 0 Å². The number of hydrogen-bond donors (Lipinski definition) is 0. The minimum absolute atomic E-state index is 0.196. The first-order chi connectivity index (χ1) is 7.06. The summed E-state index contributed by atoms with van der Waals surface area (Å²) >= 11 is 5.50. The lowest BCUT2D eigenvalue weighted by Gasteiger charge is -2.09. The molecule has 15 heavy (non-hydrogen) atoms. The summed E-state index contributed by atoms with van der Waals surface area (Å²) in [4.78, 5) is 14.6. The van der Waals surface area contributed by atoms with Gasteiger partial charge in [0.25, 0.3) is 0 Å². The second kappa shape index (κ2) is 4.88. The van der Waals surface area contributed by atoms with Crippen LogP contribution >= 0.6 is 11.6 Å². The fourth-order valence-corrected chi connectivity index (χ4v) is 1.10. The molecule has 0 aliphatic heterocycles. The van der Waals surface area contributed by atoms with Crippen molar-refractivity contribution in [2.75, 3.05) is 7.11 Å². The van der Waals surface area contributed by atoms with E-state index < -0.39 is 18.3 Å². The minimum atomic E-state index is -3.09. The number of carbonyl (C=O) groups excluding carboxylic acids is 1. The number of ether oxygens (including phenoxy) is 2. The van der Waals surface area contributed by atoms with E-state index in [1.165, 1.54) is 12.3 Å². The van der Waals surface area contributed by atoms with E-state index in [4.69, 9.17) is 11.6 Å². The van der Waals surface area contributed by atoms with Gasteiger partial charge in [-0.15, -0.1) is 0 Å². The van der Waals surface area contributed by atoms with Gasteiger partial charge in [0.1, 0.15) is 5.56 Å². The second-order valence-electron chi connectivity index (χ2n) is 2.35. The number of carbonyl (C=O) groups is 1. The topological polar surface area (TPSA) is 48.4 Å². The molecule has 0 N–H and O–H groups in total. The summed E-state index contributed by atoms with van der Waals surface area (Å²) in [7, 11) is 1.11. The Kier molecular flexibility index (Phi) is 3.79. The first kappa shape index (κ1) is 11.6. The molecule has 1 aromatic heterocycles. The Morgan fingerprint density at radius 2 is 2.27 bits per heavy atom. The highest BCUT2D eigenvalue weighted by Crippen LogP contribution is 2.28. The SMILES string of the molecule is COC(=O)c1ccnc(Cl)c1OC(F)F. The van der Waals surface area contributed by atoms with Crippen LogP contribution in [0.5, 0.6) is 5.75 Å². The molecular formula is C8H6ClF2NO3. The van der Waals surface area contributed by atoms with Crippen molar-refractivity contribution in [3.63, 3.8) is 0 Å². The second-order valence-corrected chi connectivity index (χ2v) is 2.71. The molecule has 0 radical (unpaired) electrons. The van der Waals surface area contributed by atoms with Gasteiger partial charge < -0.3 is 9.47 Å². The lowest BCUT2D eigenvalue weighted by molar-refractivity contribution is -0.0505. The van der Waals surface area contributed by atoms with Crippen LogP contribution in [0.2, 0.25) is 5.15 Å². The summed E-state index contributed by atoms with van der Waals surface area (Å²) in [6.07, 6.45) is 1.19. The maximum atomic E-state index is 12.0. The van der Waals surface area contributed by atoms with Crippen LogP contribution in [0.4, 0.5) is 8.78 Å². The average molecular weight is 238 g/mol. The van der Waals surface area contributed by atoms with Gasteiger partial charge in [0.2, 0.25) is 0 Å². The van der Waals surface area contributed by atoms with Crippen LogP contribution < -0.4 is 4.74 Å². The zero-order valence-electron chi connectivity index (χ0n) is 7.54. The van der Waals surface area contributed by atoms with Crippen LogP contribution in [0.1, 0.15) is 10.4 Å². The number of pyridine rings is 1. The molecule has 0 bridgehead atoms. The quantitative estimate of drug-likeness (QED) is 0.597. The number of methoxy groups -OCH3 is 1. The van der Waals surface area contributed by atoms with Crippen LogP contribution in [-0.2, 0) is 4.74 Å². The number of hydrogen-bond acceptors (Lipinski definition) is 4. The maximum absolute atomic E-state index is 12.0. The minimum Gasteiger partial charge on any atom is -0.465 e. The van der Waals surface area contributed by atoms with Crippen molar-refractivity contribution in [1.82, 2.24) is 4.98 Å². The summed E-state index contributed by atoms with van der Waals surface area (Å²) < 4.78 is 32.4. The smallest absolute Gasteiger partial charge is 0.387 e. The Morgan fingerprint density at radius 3 is 2.80 bits per heavy atom. The fraction of sp³-hybridized carbons (Fsp3) is 0.250. The first-order valence-corrected chi connectivity index (χ1v) is 4.11. The summed E-state index contributed by atoms with van der Waals surface area (Å²) in [5.41, 5.74) is -0.196. The van der Waals surface area contributed by atoms with E-state index in [1.807, 2.05) is 0 Å². The number of aromatic nitrogens is 1. The molecule has 0 saturated heterocycles. The molecule has 0 amide bonds. The highest BCUT2D eigenvalue weighted by Gasteiger charge is 2.19. The van der Waals surface area contributed by atoms with E-state index in [9.17, 15) is 13.6 Å². The summed E-state index contributed by atoms with van der Waals surface area (Å²) in [5, 5.41) is -0.321. The van der Waals surface area contributed by atoms with Crippen molar-refractivity contribution >= 4 is 17.6 Å². The molecule has 0 aliphatic carbocycles. The molecule has 0 fully saturated rings. The van der Waals surface area contributed by atoms with Gasteiger partial charge in [0, 0.05) is 6.20 Å². The molecule has 7 heteroatoms. The van der Waals surface area contributed by atoms with Gasteiger partial charge in [-0.3, -0.25) is 0 Å². The van der Waals surface area contributed by atoms with Gasteiger partial charge in [0.05, 0.1) is 7.11 Å². The van der Waals surface area contributed by atoms with Crippen molar-refractivity contribution in [1.29, 1.82) is 0 Å². The molecular weight excluding hydrogens is 232 g/mol. The van der Waals surface area contributed by atoms with Gasteiger partial charge in [-0.1, -0.05) is 11.6 Å². The fourth-order valence-electron chi connectivity index (χ4n) is 0.895. The number of nitrogens with zero attached hydrogens (tertiary/aromatic N) is 1. The average Bonchev–Trinajstić information content (AvgIpc) is 2.19. The highest BCUT2D eigenvalue weighted by molar-refractivity contribution is 6.31. The predicted molar refractivity (Wildman–Crippen MR) is 47.2 cm³/mol. The molecule has 1 rings (SSSR count). The monoisotopic (exact) mass is 237 g/mol. The third kappa shape index (κ3) is 2.76. The van der Waals surface area contributed by atoms with E-state index in [1.54, 1.807) is 0 Å². The lowest BCUT2D eigenvalue weighted by Crippen LogP contribution is -2.10. The van der Waals surface area contributed by atoms with Crippen molar-refractivity contribution in [2.45, 2.75) is 6.61 Å². The van der Waals surface area contributed by atoms with E-state index >= 15 is 0 Å². The van der Waals surface area contributed by atoms with Crippen LogP contribution in [0.25, 0.3) is 0 Å². The third-order valence-corrected chi connectivity index (χ3v) is 1.74. The highest BCUT2D eigenvalue weighted by atomic mass is 35.5. The van der Waals surface area contributed by atoms with Crippen LogP contribution in [0, 0.1) is 0 Å². The van der Waals surface area contributed by atoms with Gasteiger partial charge in [-0.25, -0.2) is 9.78 Å². The van der Waals surface area contributed by atoms with Crippen molar-refractivity contribution < 1.29 is 23.0 Å². The van der Waals surface area contributed by atoms with E-state index in [-0.39, 0.29) is 10.7 Å². The summed E-state index contributed by atoms with van der Waals surface area (Å²) in [5.74, 6) is -1.31. The van der Waals surface area contributed by atoms with Crippen LogP contribution in [0.15, 0.2) is 12.3 Å². The van der Waals surface area contributed by atoms with Gasteiger partial charge in [0.15, 0.2) is 10.9 Å². The molecule has 1 heterocycles. The zero-order valence-corrected chi connectivity index (χ0v) is 8.29.